The number of ether oxygens (including phenoxy) is 6. The Kier molecular flexibility index (Phi) is 18.1. The van der Waals surface area contributed by atoms with Crippen LogP contribution in [0.25, 0.3) is 0 Å². The molecule has 46 heavy (non-hydrogen) atoms. The molecule has 0 aliphatic rings. The Morgan fingerprint density at radius 3 is 1.22 bits per heavy atom. The number of hydrogen-bond acceptors (Lipinski definition) is 8. The first-order chi connectivity index (χ1) is 21.1. The van der Waals surface area contributed by atoms with Crippen LogP contribution >= 0.6 is 0 Å². The molecule has 10 nitrogen and oxygen atoms in total. The Bertz CT molecular complexity index is 931. The van der Waals surface area contributed by atoms with Gasteiger partial charge in [0.05, 0.1) is 25.3 Å². The van der Waals surface area contributed by atoms with E-state index in [1.165, 1.54) is 0 Å². The van der Waals surface area contributed by atoms with Gasteiger partial charge in [0, 0.05) is 29.4 Å². The van der Waals surface area contributed by atoms with Crippen molar-refractivity contribution in [3.05, 3.63) is 35.4 Å². The van der Waals surface area contributed by atoms with Crippen molar-refractivity contribution in [2.75, 3.05) is 40.0 Å². The zero-order valence-electron chi connectivity index (χ0n) is 30.8. The summed E-state index contributed by atoms with van der Waals surface area (Å²) in [6, 6.07) is 9.60. The first kappa shape index (κ1) is 42.1. The Balaban J connectivity index is 2.83. The van der Waals surface area contributed by atoms with Gasteiger partial charge in [-0.05, 0) is 77.6 Å². The van der Waals surface area contributed by atoms with E-state index in [4.69, 9.17) is 28.4 Å². The van der Waals surface area contributed by atoms with E-state index in [1.54, 1.807) is 0 Å². The number of carbonyl (C=O) groups excluding carboxylic acids is 2. The first-order valence-corrected chi connectivity index (χ1v) is 23.9. The largest absolute Gasteiger partial charge is 0.444 e. The second kappa shape index (κ2) is 19.8. The topological polar surface area (TPSA) is 114 Å². The maximum atomic E-state index is 12.6. The molecule has 1 aromatic carbocycles. The van der Waals surface area contributed by atoms with Crippen LogP contribution in [0.2, 0.25) is 51.4 Å². The van der Waals surface area contributed by atoms with E-state index in [2.05, 4.69) is 49.9 Å². The predicted octanol–water partition coefficient (Wildman–Crippen LogP) is 7.22. The molecule has 2 amide bonds. The van der Waals surface area contributed by atoms with Crippen molar-refractivity contribution in [3.63, 3.8) is 0 Å². The van der Waals surface area contributed by atoms with Gasteiger partial charge in [-0.3, -0.25) is 0 Å². The lowest BCUT2D eigenvalue weighted by Gasteiger charge is -2.24. The van der Waals surface area contributed by atoms with Crippen LogP contribution in [0, 0.1) is 0 Å². The zero-order valence-corrected chi connectivity index (χ0v) is 32.8. The van der Waals surface area contributed by atoms with Gasteiger partial charge in [0.25, 0.3) is 0 Å². The third-order valence-electron chi connectivity index (χ3n) is 6.39. The normalized spacial score (nSPS) is 14.0. The van der Waals surface area contributed by atoms with Crippen molar-refractivity contribution in [3.8, 4) is 0 Å². The molecule has 1 rings (SSSR count). The molecule has 0 fully saturated rings. The minimum Gasteiger partial charge on any atom is -0.444 e. The summed E-state index contributed by atoms with van der Waals surface area (Å²) in [5.41, 5.74) is 0.837. The van der Waals surface area contributed by atoms with E-state index in [-0.39, 0.29) is 38.9 Å². The van der Waals surface area contributed by atoms with Gasteiger partial charge in [-0.15, -0.1) is 0 Å². The molecule has 0 aromatic heterocycles. The molecule has 1 aromatic rings. The van der Waals surface area contributed by atoms with Gasteiger partial charge in [-0.2, -0.15) is 0 Å². The highest BCUT2D eigenvalue weighted by atomic mass is 28.3. The van der Waals surface area contributed by atoms with E-state index < -0.39 is 39.5 Å². The zero-order chi connectivity index (χ0) is 35.0. The number of rotatable bonds is 20. The summed E-state index contributed by atoms with van der Waals surface area (Å²) in [4.78, 5) is 25.1. The molecule has 0 radical (unpaired) electrons. The molecule has 0 saturated heterocycles. The van der Waals surface area contributed by atoms with Crippen LogP contribution in [0.15, 0.2) is 24.3 Å². The summed E-state index contributed by atoms with van der Waals surface area (Å²) < 4.78 is 33.9. The molecule has 0 saturated carbocycles. The minimum absolute atomic E-state index is 0.174. The molecule has 2 N–H and O–H groups in total. The molecule has 0 heterocycles. The van der Waals surface area contributed by atoms with E-state index >= 15 is 0 Å². The third kappa shape index (κ3) is 24.2. The van der Waals surface area contributed by atoms with Crippen molar-refractivity contribution < 1.29 is 38.0 Å². The molecule has 0 unspecified atom stereocenters. The van der Waals surface area contributed by atoms with Crippen LogP contribution in [-0.4, -0.2) is 91.6 Å². The summed E-state index contributed by atoms with van der Waals surface area (Å²) in [5, 5.41) is 5.89. The van der Waals surface area contributed by atoms with Gasteiger partial charge >= 0.3 is 12.2 Å². The van der Waals surface area contributed by atoms with Crippen LogP contribution in [0.5, 0.6) is 0 Å². The Morgan fingerprint density at radius 2 is 0.935 bits per heavy atom. The number of carbonyl (C=O) groups is 2. The molecule has 266 valence electrons. The van der Waals surface area contributed by atoms with Crippen molar-refractivity contribution in [2.45, 2.75) is 129 Å². The van der Waals surface area contributed by atoms with Crippen LogP contribution < -0.4 is 10.6 Å². The number of nitrogens with one attached hydrogen (secondary N) is 2. The SMILES string of the molecule is CC(C)(C)OC(=O)N[C@H](COCOCC[Si](C)(C)C)Cc1ccc(C[C@@H](COCOCC[Si](C)(C)C)NC(=O)OC(C)(C)C)cc1. The lowest BCUT2D eigenvalue weighted by molar-refractivity contribution is -0.0563. The minimum atomic E-state index is -1.18. The Hall–Kier alpha value is -1.97. The van der Waals surface area contributed by atoms with Gasteiger partial charge in [-0.25, -0.2) is 9.59 Å². The van der Waals surface area contributed by atoms with Gasteiger partial charge in [-0.1, -0.05) is 63.5 Å². The molecule has 0 bridgehead atoms. The standard InChI is InChI=1S/C34H64N2O8Si2/c1-33(2,3)43-31(37)35-29(23-41-25-39-17-19-45(7,8)9)21-27-13-15-28(16-14-27)22-30(36-32(38)44-34(4,5)6)24-42-26-40-18-20-46(10,11)12/h13-16,29-30H,17-26H2,1-12H3,(H,35,37)(H,36,38)/t29-,30-/m0/s1. The van der Waals surface area contributed by atoms with Gasteiger partial charge in [0.2, 0.25) is 0 Å². The van der Waals surface area contributed by atoms with Crippen molar-refractivity contribution >= 4 is 28.3 Å². The molecule has 2 atom stereocenters. The van der Waals surface area contributed by atoms with Crippen molar-refractivity contribution in [2.24, 2.45) is 0 Å². The van der Waals surface area contributed by atoms with Gasteiger partial charge in [0.15, 0.2) is 0 Å². The van der Waals surface area contributed by atoms with E-state index in [9.17, 15) is 9.59 Å². The summed E-state index contributed by atoms with van der Waals surface area (Å²) in [6.45, 7) is 27.1. The maximum absolute atomic E-state index is 12.6. The predicted molar refractivity (Wildman–Crippen MR) is 190 cm³/mol. The highest BCUT2D eigenvalue weighted by molar-refractivity contribution is 6.76. The summed E-state index contributed by atoms with van der Waals surface area (Å²) in [5.74, 6) is 0. The Morgan fingerprint density at radius 1 is 0.609 bits per heavy atom. The van der Waals surface area contributed by atoms with E-state index in [0.717, 1.165) is 23.2 Å². The fraction of sp³-hybridized carbons (Fsp3) is 0.765. The highest BCUT2D eigenvalue weighted by Crippen LogP contribution is 2.14. The van der Waals surface area contributed by atoms with Crippen LogP contribution in [0.1, 0.15) is 52.7 Å². The average Bonchev–Trinajstić information content (AvgIpc) is 2.85. The van der Waals surface area contributed by atoms with Crippen molar-refractivity contribution in [1.82, 2.24) is 10.6 Å². The molecular formula is C34H64N2O8Si2. The number of alkyl carbamates (subject to hydrolysis) is 2. The van der Waals surface area contributed by atoms with Gasteiger partial charge in [0.1, 0.15) is 24.8 Å². The molecule has 12 heteroatoms. The molecule has 0 spiro atoms. The third-order valence-corrected chi connectivity index (χ3v) is 9.80. The summed E-state index contributed by atoms with van der Waals surface area (Å²) in [6.07, 6.45) is 0.119. The number of hydrogen-bond donors (Lipinski definition) is 2. The fourth-order valence-corrected chi connectivity index (χ4v) is 5.52. The highest BCUT2D eigenvalue weighted by Gasteiger charge is 2.22. The quantitative estimate of drug-likeness (QED) is 0.0842. The monoisotopic (exact) mass is 684 g/mol. The van der Waals surface area contributed by atoms with Gasteiger partial charge < -0.3 is 39.1 Å². The van der Waals surface area contributed by atoms with Crippen LogP contribution in [0.3, 0.4) is 0 Å². The maximum Gasteiger partial charge on any atom is 0.407 e. The molecule has 0 aliphatic carbocycles. The second-order valence-corrected chi connectivity index (χ2v) is 27.6. The van der Waals surface area contributed by atoms with Crippen molar-refractivity contribution in [1.29, 1.82) is 0 Å². The lowest BCUT2D eigenvalue weighted by atomic mass is 10.0. The van der Waals surface area contributed by atoms with Crippen LogP contribution in [0.4, 0.5) is 9.59 Å². The molecule has 0 aliphatic heterocycles. The second-order valence-electron chi connectivity index (χ2n) is 16.3. The smallest absolute Gasteiger partial charge is 0.407 e. The van der Waals surface area contributed by atoms with E-state index in [1.807, 2.05) is 65.8 Å². The average molecular weight is 685 g/mol. The lowest BCUT2D eigenvalue weighted by Crippen LogP contribution is -2.43. The van der Waals surface area contributed by atoms with E-state index in [0.29, 0.717) is 26.1 Å². The summed E-state index contributed by atoms with van der Waals surface area (Å²) >= 11 is 0. The fourth-order valence-electron chi connectivity index (χ4n) is 4.01. The Labute approximate surface area is 281 Å². The number of benzene rings is 1. The number of amides is 2. The summed E-state index contributed by atoms with van der Waals surface area (Å²) in [7, 11) is -2.36. The first-order valence-electron chi connectivity index (χ1n) is 16.5. The van der Waals surface area contributed by atoms with Crippen LogP contribution in [-0.2, 0) is 41.3 Å². The molecular weight excluding hydrogens is 621 g/mol.